The third-order valence-electron chi connectivity index (χ3n) is 4.71. The minimum atomic E-state index is -0.592. The maximum Gasteiger partial charge on any atom is 0.321 e. The third-order valence-corrected chi connectivity index (χ3v) is 5.90. The van der Waals surface area contributed by atoms with Crippen LogP contribution >= 0.6 is 23.4 Å². The van der Waals surface area contributed by atoms with E-state index in [4.69, 9.17) is 11.6 Å². The molecule has 166 valence electrons. The lowest BCUT2D eigenvalue weighted by molar-refractivity contribution is -0.117. The first-order valence-corrected chi connectivity index (χ1v) is 11.4. The van der Waals surface area contributed by atoms with Gasteiger partial charge in [0.1, 0.15) is 0 Å². The Morgan fingerprint density at radius 3 is 2.39 bits per heavy atom. The number of nitrogens with zero attached hydrogens (tertiary/aromatic N) is 2. The molecule has 0 fully saturated rings. The maximum atomic E-state index is 13.2. The minimum absolute atomic E-state index is 0.100. The highest BCUT2D eigenvalue weighted by Crippen LogP contribution is 2.22. The second-order valence-corrected chi connectivity index (χ2v) is 8.41. The Morgan fingerprint density at radius 2 is 1.64 bits per heavy atom. The van der Waals surface area contributed by atoms with E-state index in [1.807, 2.05) is 30.3 Å². The molecule has 0 atom stereocenters. The number of imide groups is 1. The number of urea groups is 1. The van der Waals surface area contributed by atoms with Gasteiger partial charge in [0.05, 0.1) is 22.3 Å². The summed E-state index contributed by atoms with van der Waals surface area (Å²) >= 11 is 7.06. The van der Waals surface area contributed by atoms with Crippen molar-refractivity contribution >= 4 is 46.2 Å². The van der Waals surface area contributed by atoms with Gasteiger partial charge in [-0.1, -0.05) is 65.8 Å². The van der Waals surface area contributed by atoms with Crippen LogP contribution in [0.25, 0.3) is 16.6 Å². The lowest BCUT2D eigenvalue weighted by atomic mass is 10.2. The molecule has 9 heteroatoms. The monoisotopic (exact) mass is 478 g/mol. The first-order valence-electron chi connectivity index (χ1n) is 10.0. The Kier molecular flexibility index (Phi) is 7.07. The van der Waals surface area contributed by atoms with Crippen molar-refractivity contribution in [3.8, 4) is 5.69 Å². The smallest absolute Gasteiger partial charge is 0.321 e. The van der Waals surface area contributed by atoms with E-state index in [2.05, 4.69) is 15.6 Å². The van der Waals surface area contributed by atoms with Gasteiger partial charge in [0.2, 0.25) is 5.91 Å². The van der Waals surface area contributed by atoms with Crippen LogP contribution in [0.2, 0.25) is 5.02 Å². The Hall–Kier alpha value is -3.62. The summed E-state index contributed by atoms with van der Waals surface area (Å²) in [6.07, 6.45) is 0. The van der Waals surface area contributed by atoms with Crippen molar-refractivity contribution in [2.24, 2.45) is 0 Å². The molecule has 0 saturated heterocycles. The summed E-state index contributed by atoms with van der Waals surface area (Å²) in [4.78, 5) is 42.2. The Bertz CT molecular complexity index is 1360. The van der Waals surface area contributed by atoms with Crippen LogP contribution in [-0.2, 0) is 11.3 Å². The number of fused-ring (bicyclic) bond motifs is 1. The predicted molar refractivity (Wildman–Crippen MR) is 130 cm³/mol. The third kappa shape index (κ3) is 5.60. The fraction of sp³-hybridized carbons (Fsp3) is 0.0833. The predicted octanol–water partition coefficient (Wildman–Crippen LogP) is 4.16. The number of hydrogen-bond donors (Lipinski definition) is 2. The van der Waals surface area contributed by atoms with Crippen molar-refractivity contribution in [3.63, 3.8) is 0 Å². The summed E-state index contributed by atoms with van der Waals surface area (Å²) in [6, 6.07) is 22.6. The molecule has 3 aromatic carbocycles. The number of carbonyl (C=O) groups is 2. The Morgan fingerprint density at radius 1 is 0.939 bits per heavy atom. The van der Waals surface area contributed by atoms with Gasteiger partial charge in [0, 0.05) is 11.6 Å². The zero-order chi connectivity index (χ0) is 23.2. The normalized spacial score (nSPS) is 10.7. The van der Waals surface area contributed by atoms with Crippen LogP contribution in [-0.4, -0.2) is 27.2 Å². The molecule has 2 N–H and O–H groups in total. The molecule has 0 aliphatic rings. The summed E-state index contributed by atoms with van der Waals surface area (Å²) < 4.78 is 1.44. The number of benzene rings is 3. The van der Waals surface area contributed by atoms with Gasteiger partial charge >= 0.3 is 6.03 Å². The average molecular weight is 479 g/mol. The van der Waals surface area contributed by atoms with Gasteiger partial charge < -0.3 is 5.32 Å². The van der Waals surface area contributed by atoms with Gasteiger partial charge in [-0.3, -0.25) is 19.5 Å². The van der Waals surface area contributed by atoms with Crippen LogP contribution in [0.1, 0.15) is 5.56 Å². The van der Waals surface area contributed by atoms with E-state index in [1.165, 1.54) is 4.57 Å². The number of halogens is 1. The molecular formula is C24H19ClN4O3S. The molecule has 33 heavy (non-hydrogen) atoms. The van der Waals surface area contributed by atoms with Crippen molar-refractivity contribution in [1.82, 2.24) is 20.2 Å². The fourth-order valence-electron chi connectivity index (χ4n) is 3.14. The molecule has 1 aromatic heterocycles. The topological polar surface area (TPSA) is 93.1 Å². The highest BCUT2D eigenvalue weighted by molar-refractivity contribution is 7.99. The van der Waals surface area contributed by atoms with Crippen molar-refractivity contribution in [2.45, 2.75) is 11.7 Å². The zero-order valence-corrected chi connectivity index (χ0v) is 18.9. The van der Waals surface area contributed by atoms with Crippen molar-refractivity contribution in [2.75, 3.05) is 5.75 Å². The van der Waals surface area contributed by atoms with Crippen molar-refractivity contribution in [3.05, 3.63) is 99.8 Å². The SMILES string of the molecule is O=C(CSc1nc2ccccc2c(=O)n1-c1ccc(Cl)cc1)NC(=O)NCc1ccccc1. The summed E-state index contributed by atoms with van der Waals surface area (Å²) in [7, 11) is 0. The molecule has 0 spiro atoms. The number of rotatable bonds is 6. The van der Waals surface area contributed by atoms with Crippen LogP contribution in [0.4, 0.5) is 4.79 Å². The quantitative estimate of drug-likeness (QED) is 0.320. The summed E-state index contributed by atoms with van der Waals surface area (Å²) in [5.41, 5.74) is 1.76. The van der Waals surface area contributed by atoms with Crippen LogP contribution in [0, 0.1) is 0 Å². The number of nitrogens with one attached hydrogen (secondary N) is 2. The van der Waals surface area contributed by atoms with E-state index in [9.17, 15) is 14.4 Å². The highest BCUT2D eigenvalue weighted by atomic mass is 35.5. The summed E-state index contributed by atoms with van der Waals surface area (Å²) in [5.74, 6) is -0.604. The van der Waals surface area contributed by atoms with Crippen molar-refractivity contribution in [1.29, 1.82) is 0 Å². The van der Waals surface area contributed by atoms with Gasteiger partial charge in [-0.25, -0.2) is 9.78 Å². The number of carbonyl (C=O) groups excluding carboxylic acids is 2. The number of para-hydroxylation sites is 1. The largest absolute Gasteiger partial charge is 0.334 e. The Balaban J connectivity index is 1.50. The highest BCUT2D eigenvalue weighted by Gasteiger charge is 2.16. The molecule has 0 aliphatic carbocycles. The minimum Gasteiger partial charge on any atom is -0.334 e. The fourth-order valence-corrected chi connectivity index (χ4v) is 4.08. The average Bonchev–Trinajstić information content (AvgIpc) is 2.83. The molecule has 1 heterocycles. The molecule has 0 aliphatic heterocycles. The number of thioether (sulfide) groups is 1. The number of aromatic nitrogens is 2. The lowest BCUT2D eigenvalue weighted by Gasteiger charge is -2.13. The second-order valence-electron chi connectivity index (χ2n) is 7.03. The molecule has 0 radical (unpaired) electrons. The van der Waals surface area contributed by atoms with Crippen LogP contribution in [0.5, 0.6) is 0 Å². The van der Waals surface area contributed by atoms with Gasteiger partial charge in [0.25, 0.3) is 5.56 Å². The van der Waals surface area contributed by atoms with Crippen LogP contribution < -0.4 is 16.2 Å². The Labute approximate surface area is 198 Å². The second kappa shape index (κ2) is 10.3. The summed E-state index contributed by atoms with van der Waals surface area (Å²) in [6.45, 7) is 0.301. The molecule has 0 bridgehead atoms. The molecule has 4 aromatic rings. The maximum absolute atomic E-state index is 13.2. The summed E-state index contributed by atoms with van der Waals surface area (Å²) in [5, 5.41) is 6.27. The van der Waals surface area contributed by atoms with E-state index < -0.39 is 11.9 Å². The van der Waals surface area contributed by atoms with E-state index in [0.717, 1.165) is 17.3 Å². The van der Waals surface area contributed by atoms with E-state index in [-0.39, 0.29) is 11.3 Å². The zero-order valence-electron chi connectivity index (χ0n) is 17.3. The number of amides is 3. The van der Waals surface area contributed by atoms with E-state index >= 15 is 0 Å². The van der Waals surface area contributed by atoms with Crippen molar-refractivity contribution < 1.29 is 9.59 Å². The van der Waals surface area contributed by atoms with Gasteiger partial charge in [0.15, 0.2) is 5.16 Å². The first-order chi connectivity index (χ1) is 16.0. The molecule has 4 rings (SSSR count). The molecule has 0 unspecified atom stereocenters. The lowest BCUT2D eigenvalue weighted by Crippen LogP contribution is -2.40. The molecule has 3 amide bonds. The molecule has 7 nitrogen and oxygen atoms in total. The van der Waals surface area contributed by atoms with Gasteiger partial charge in [-0.05, 0) is 42.0 Å². The van der Waals surface area contributed by atoms with Crippen LogP contribution in [0.15, 0.2) is 88.8 Å². The van der Waals surface area contributed by atoms with E-state index in [1.54, 1.807) is 48.5 Å². The number of hydrogen-bond acceptors (Lipinski definition) is 5. The molecule has 0 saturated carbocycles. The van der Waals surface area contributed by atoms with E-state index in [0.29, 0.717) is 33.3 Å². The van der Waals surface area contributed by atoms with Gasteiger partial charge in [-0.2, -0.15) is 0 Å². The first kappa shape index (κ1) is 22.6. The standard InChI is InChI=1S/C24H19ClN4O3S/c25-17-10-12-18(13-11-17)29-22(31)19-8-4-5-9-20(19)27-24(29)33-15-21(30)28-23(32)26-14-16-6-2-1-3-7-16/h1-13H,14-15H2,(H2,26,28,30,32). The van der Waals surface area contributed by atoms with Gasteiger partial charge in [-0.15, -0.1) is 0 Å². The molecular weight excluding hydrogens is 460 g/mol. The van der Waals surface area contributed by atoms with Crippen LogP contribution in [0.3, 0.4) is 0 Å².